The van der Waals surface area contributed by atoms with Crippen molar-refractivity contribution in [1.29, 1.82) is 0 Å². The van der Waals surface area contributed by atoms with E-state index in [4.69, 9.17) is 4.74 Å². The summed E-state index contributed by atoms with van der Waals surface area (Å²) in [5, 5.41) is 5.40. The molecule has 14 heteroatoms. The third-order valence-corrected chi connectivity index (χ3v) is 10.0. The molecule has 1 fully saturated rings. The molecule has 7 bridgehead atoms. The second-order valence-corrected chi connectivity index (χ2v) is 13.2. The molecule has 7 rings (SSSR count). The number of alkyl halides is 2. The summed E-state index contributed by atoms with van der Waals surface area (Å²) in [6, 6.07) is 2.12. The van der Waals surface area contributed by atoms with Gasteiger partial charge in [-0.3, -0.25) is 19.4 Å². The monoisotopic (exact) mass is 681 g/mol. The molecule has 3 amide bonds. The van der Waals surface area contributed by atoms with Crippen LogP contribution in [-0.4, -0.2) is 70.4 Å². The summed E-state index contributed by atoms with van der Waals surface area (Å²) >= 11 is 0. The Morgan fingerprint density at radius 3 is 2.63 bits per heavy atom. The smallest absolute Gasteiger partial charge is 0.265 e. The van der Waals surface area contributed by atoms with Crippen molar-refractivity contribution >= 4 is 29.6 Å². The fourth-order valence-electron chi connectivity index (χ4n) is 7.48. The van der Waals surface area contributed by atoms with Crippen LogP contribution in [0.4, 0.5) is 27.8 Å². The predicted molar refractivity (Wildman–Crippen MR) is 166 cm³/mol. The van der Waals surface area contributed by atoms with Crippen LogP contribution < -0.4 is 10.6 Å². The summed E-state index contributed by atoms with van der Waals surface area (Å²) < 4.78 is 80.7. The number of hydrogen-bond acceptors (Lipinski definition) is 6. The highest BCUT2D eigenvalue weighted by Gasteiger charge is 2.52. The molecule has 0 saturated carbocycles. The van der Waals surface area contributed by atoms with Crippen molar-refractivity contribution in [3.63, 3.8) is 0 Å². The van der Waals surface area contributed by atoms with E-state index in [0.717, 1.165) is 11.0 Å². The van der Waals surface area contributed by atoms with Crippen molar-refractivity contribution in [2.24, 2.45) is 0 Å². The molecule has 1 spiro atoms. The minimum Gasteiger partial charge on any atom is -0.377 e. The van der Waals surface area contributed by atoms with Crippen molar-refractivity contribution in [3.8, 4) is 0 Å². The largest absolute Gasteiger partial charge is 0.377 e. The Balaban J connectivity index is 1.25. The van der Waals surface area contributed by atoms with E-state index in [1.807, 2.05) is 6.07 Å². The Morgan fingerprint density at radius 1 is 1.02 bits per heavy atom. The van der Waals surface area contributed by atoms with Crippen LogP contribution in [0.3, 0.4) is 0 Å². The van der Waals surface area contributed by atoms with E-state index in [0.29, 0.717) is 34.3 Å². The fraction of sp³-hybridized carbons (Fsp3) is 0.400. The van der Waals surface area contributed by atoms with Gasteiger partial charge < -0.3 is 20.3 Å². The minimum atomic E-state index is -3.42. The van der Waals surface area contributed by atoms with Gasteiger partial charge in [0.15, 0.2) is 11.6 Å². The Morgan fingerprint density at radius 2 is 1.82 bits per heavy atom. The first-order valence-corrected chi connectivity index (χ1v) is 16.0. The first-order chi connectivity index (χ1) is 23.4. The van der Waals surface area contributed by atoms with E-state index >= 15 is 17.6 Å². The predicted octanol–water partition coefficient (Wildman–Crippen LogP) is 4.84. The molecule has 3 unspecified atom stereocenters. The van der Waals surface area contributed by atoms with E-state index in [1.54, 1.807) is 24.4 Å². The number of carbonyl (C=O) groups is 3. The molecule has 4 atom stereocenters. The van der Waals surface area contributed by atoms with Crippen molar-refractivity contribution < 1.29 is 41.1 Å². The molecule has 4 aliphatic rings. The Kier molecular flexibility index (Phi) is 8.24. The molecule has 9 nitrogen and oxygen atoms in total. The minimum absolute atomic E-state index is 0.0131. The number of amides is 3. The number of halogens is 5. The maximum absolute atomic E-state index is 15.4. The Hall–Kier alpha value is -4.72. The van der Waals surface area contributed by atoms with E-state index in [-0.39, 0.29) is 50.4 Å². The SMILES string of the molecule is CC1C(c2c(F)ccc(F)c2F)CC2NC(=O)c3cnc4c(c3)C[C@@]3(C4)C(=O)Nc4ncc(cc43)/C=C/COCCCC(F)(F)CN1C2=O. The van der Waals surface area contributed by atoms with Crippen LogP contribution in [-0.2, 0) is 32.6 Å². The standard InChI is InChI=1S/C35H32F5N5O4/c1-18-22(28-24(36)5-6-25(37)29(28)38)12-26-32(47)45(18)17-35(39,40)7-3-9-49-8-2-4-19-10-23-30(42-15-19)44-33(48)34(23)13-20-11-21(31(46)43-26)16-41-27(20)14-34/h2,4-6,10-11,15-16,18,22,26H,3,7-9,12-14,17H2,1H3,(H,43,46)(H,42,44,48)/b4-2+/t18?,22?,26?,34-/m0/s1. The van der Waals surface area contributed by atoms with Crippen molar-refractivity contribution in [1.82, 2.24) is 20.2 Å². The van der Waals surface area contributed by atoms with Gasteiger partial charge >= 0.3 is 0 Å². The second-order valence-electron chi connectivity index (χ2n) is 13.2. The molecule has 0 radical (unpaired) electrons. The number of aromatic nitrogens is 2. The van der Waals surface area contributed by atoms with Gasteiger partial charge in [0, 0.05) is 60.6 Å². The van der Waals surface area contributed by atoms with Crippen LogP contribution in [0.5, 0.6) is 0 Å². The van der Waals surface area contributed by atoms with Gasteiger partial charge in [0.25, 0.3) is 11.8 Å². The van der Waals surface area contributed by atoms with Gasteiger partial charge in [0.1, 0.15) is 17.7 Å². The average molecular weight is 682 g/mol. The number of carbonyl (C=O) groups excluding carboxylic acids is 3. The number of anilines is 1. The third-order valence-electron chi connectivity index (χ3n) is 10.0. The van der Waals surface area contributed by atoms with Gasteiger partial charge in [-0.05, 0) is 61.6 Å². The number of pyridine rings is 2. The van der Waals surface area contributed by atoms with E-state index < -0.39 is 77.1 Å². The van der Waals surface area contributed by atoms with Crippen molar-refractivity contribution in [2.45, 2.75) is 68.4 Å². The van der Waals surface area contributed by atoms with Crippen LogP contribution >= 0.6 is 0 Å². The van der Waals surface area contributed by atoms with Crippen LogP contribution in [0.2, 0.25) is 0 Å². The summed E-state index contributed by atoms with van der Waals surface area (Å²) in [5.41, 5.74) is 0.962. The van der Waals surface area contributed by atoms with Crippen LogP contribution in [0, 0.1) is 17.5 Å². The third kappa shape index (κ3) is 5.85. The Labute approximate surface area is 277 Å². The number of nitrogens with zero attached hydrogens (tertiary/aromatic N) is 3. The zero-order valence-electron chi connectivity index (χ0n) is 26.4. The first kappa shape index (κ1) is 32.8. The first-order valence-electron chi connectivity index (χ1n) is 16.0. The number of fused-ring (bicyclic) bond motifs is 4. The van der Waals surface area contributed by atoms with Gasteiger partial charge in [-0.25, -0.2) is 26.9 Å². The number of nitrogens with one attached hydrogen (secondary N) is 2. The highest BCUT2D eigenvalue weighted by molar-refractivity contribution is 6.06. The number of rotatable bonds is 1. The molecular weight excluding hydrogens is 649 g/mol. The molecule has 3 aromatic rings. The highest BCUT2D eigenvalue weighted by atomic mass is 19.3. The number of benzene rings is 1. The quantitative estimate of drug-likeness (QED) is 0.281. The molecule has 49 heavy (non-hydrogen) atoms. The summed E-state index contributed by atoms with van der Waals surface area (Å²) in [5.74, 6) is -10.1. The molecule has 256 valence electrons. The molecule has 1 aliphatic carbocycles. The molecule has 2 aromatic heterocycles. The van der Waals surface area contributed by atoms with Gasteiger partial charge in [0.2, 0.25) is 11.8 Å². The van der Waals surface area contributed by atoms with E-state index in [1.165, 1.54) is 13.1 Å². The zero-order valence-corrected chi connectivity index (χ0v) is 26.4. The summed E-state index contributed by atoms with van der Waals surface area (Å²) in [7, 11) is 0. The molecular formula is C35H32F5N5O4. The lowest BCUT2D eigenvalue weighted by molar-refractivity contribution is -0.147. The van der Waals surface area contributed by atoms with E-state index in [9.17, 15) is 18.8 Å². The summed E-state index contributed by atoms with van der Waals surface area (Å²) in [4.78, 5) is 50.4. The maximum Gasteiger partial charge on any atom is 0.265 e. The van der Waals surface area contributed by atoms with E-state index in [2.05, 4.69) is 20.6 Å². The van der Waals surface area contributed by atoms with Gasteiger partial charge in [-0.15, -0.1) is 0 Å². The summed E-state index contributed by atoms with van der Waals surface area (Å²) in [6.07, 6.45) is 5.75. The molecule has 2 N–H and O–H groups in total. The molecule has 5 heterocycles. The fourth-order valence-corrected chi connectivity index (χ4v) is 7.48. The lowest BCUT2D eigenvalue weighted by Crippen LogP contribution is -2.60. The van der Waals surface area contributed by atoms with Gasteiger partial charge in [-0.2, -0.15) is 0 Å². The summed E-state index contributed by atoms with van der Waals surface area (Å²) in [6.45, 7) is 0.388. The molecule has 3 aliphatic heterocycles. The lowest BCUT2D eigenvalue weighted by Gasteiger charge is -2.44. The van der Waals surface area contributed by atoms with Crippen LogP contribution in [0.1, 0.15) is 70.4 Å². The normalized spacial score (nSPS) is 27.3. The maximum atomic E-state index is 15.4. The van der Waals surface area contributed by atoms with Crippen molar-refractivity contribution in [2.75, 3.05) is 25.1 Å². The molecule has 1 saturated heterocycles. The van der Waals surface area contributed by atoms with Crippen molar-refractivity contribution in [3.05, 3.63) is 93.7 Å². The van der Waals surface area contributed by atoms with Gasteiger partial charge in [0.05, 0.1) is 24.1 Å². The van der Waals surface area contributed by atoms with Crippen LogP contribution in [0.25, 0.3) is 6.08 Å². The number of hydrogen-bond donors (Lipinski definition) is 2. The lowest BCUT2D eigenvalue weighted by atomic mass is 9.79. The zero-order chi connectivity index (χ0) is 34.7. The number of piperidine rings is 1. The second kappa shape index (κ2) is 12.3. The average Bonchev–Trinajstić information content (AvgIpc) is 3.58. The topological polar surface area (TPSA) is 114 Å². The molecule has 1 aromatic carbocycles. The number of ether oxygens (including phenoxy) is 1. The van der Waals surface area contributed by atoms with Gasteiger partial charge in [-0.1, -0.05) is 12.2 Å². The Bertz CT molecular complexity index is 1900. The highest BCUT2D eigenvalue weighted by Crippen LogP contribution is 2.47. The van der Waals surface area contributed by atoms with Crippen LogP contribution in [0.15, 0.2) is 42.7 Å².